The Kier molecular flexibility index (Phi) is 12.8. The van der Waals surface area contributed by atoms with E-state index in [2.05, 4.69) is 39.1 Å². The number of rotatable bonds is 8. The number of piperidine rings is 1. The van der Waals surface area contributed by atoms with Gasteiger partial charge in [-0.15, -0.1) is 4.91 Å². The Morgan fingerprint density at radius 1 is 0.746 bits per heavy atom. The molecule has 8 fully saturated rings. The zero-order valence-electron chi connectivity index (χ0n) is 37.4. The van der Waals surface area contributed by atoms with E-state index in [9.17, 15) is 45.8 Å². The van der Waals surface area contributed by atoms with Crippen LogP contribution in [0.4, 0.5) is 0 Å². The fraction of sp³-hybridized carbons (Fsp3) is 0.956. The first-order valence-electron chi connectivity index (χ1n) is 23.6. The van der Waals surface area contributed by atoms with Crippen molar-refractivity contribution >= 4 is 0 Å². The van der Waals surface area contributed by atoms with E-state index in [1.807, 2.05) is 0 Å². The summed E-state index contributed by atoms with van der Waals surface area (Å²) in [6, 6.07) is 0. The van der Waals surface area contributed by atoms with Crippen molar-refractivity contribution in [2.45, 2.75) is 209 Å². The molecule has 0 bridgehead atoms. The van der Waals surface area contributed by atoms with Crippen molar-refractivity contribution in [1.29, 1.82) is 0 Å². The van der Waals surface area contributed by atoms with E-state index < -0.39 is 104 Å². The zero-order valence-corrected chi connectivity index (χ0v) is 37.4. The number of fused-ring (bicyclic) bond motifs is 7. The first kappa shape index (κ1) is 46.6. The number of ether oxygens (including phenoxy) is 7. The smallest absolute Gasteiger partial charge is 0.187 e. The SMILES string of the molecule is C[C@@H]1CC[C@]2(O[C@H]3C[C@H]4[C@@H]5CC=C6C[C@@H](O[C@@H]7O[C@H](CO)[C@@H](O[C@@H]8O[C@@H](C)[C@H](O)[C@@H](O)[C@H]8O)[C@H](O)[C@H]7O[C@@H]7O[C@@H](C)[C@H](O)[C@@H](O)[C@H]7O)CC[C@]6(C)[C@H]5CC[C@]4(C)[C@H]3[C@@H]2C)N(N=O)C1. The molecule has 3 saturated carbocycles. The van der Waals surface area contributed by atoms with Crippen molar-refractivity contribution in [2.24, 2.45) is 51.6 Å². The molecular formula is C45H72N2O16. The van der Waals surface area contributed by atoms with Crippen LogP contribution in [0, 0.1) is 51.2 Å². The first-order valence-corrected chi connectivity index (χ1v) is 23.6. The Labute approximate surface area is 369 Å². The van der Waals surface area contributed by atoms with Crippen LogP contribution in [0.15, 0.2) is 16.9 Å². The van der Waals surface area contributed by atoms with Gasteiger partial charge in [0.2, 0.25) is 0 Å². The molecule has 18 heteroatoms. The largest absolute Gasteiger partial charge is 0.394 e. The Morgan fingerprint density at radius 2 is 1.40 bits per heavy atom. The lowest BCUT2D eigenvalue weighted by atomic mass is 9.46. The molecule has 0 amide bonds. The van der Waals surface area contributed by atoms with Gasteiger partial charge >= 0.3 is 0 Å². The van der Waals surface area contributed by atoms with E-state index in [0.29, 0.717) is 49.0 Å². The number of nitrogens with zero attached hydrogens (tertiary/aromatic N) is 2. The standard InChI is InChI=1S/C45H72N2O16/c1-19-9-14-45(47(17-19)46-56)20(2)30-28(63-45)16-27-25-8-7-23-15-24(10-12-43(23,5)26(25)11-13-44(27,30)6)59-42-39(62-41-36(54)34(52)32(50)22(4)58-41)37(55)38(29(18-48)60-42)61-40-35(53)33(51)31(49)21(3)57-40/h7,19-22,24-42,48-55H,8-18H2,1-6H3/t19-,20+,21+,22+,24+,25-,26+,27+,28+,29-,30+,31+,32+,33-,34-,35-,36-,37+,38-,39-,40+,41+,42-,43+,44+,45-/m1/s1. The predicted octanol–water partition coefficient (Wildman–Crippen LogP) is 1.21. The van der Waals surface area contributed by atoms with Crippen molar-refractivity contribution in [2.75, 3.05) is 13.2 Å². The maximum absolute atomic E-state index is 12.2. The van der Waals surface area contributed by atoms with Gasteiger partial charge in [-0.1, -0.05) is 39.3 Å². The minimum absolute atomic E-state index is 0.0636. The fourth-order valence-corrected chi connectivity index (χ4v) is 14.5. The van der Waals surface area contributed by atoms with Gasteiger partial charge in [0.25, 0.3) is 0 Å². The molecule has 5 aliphatic heterocycles. The van der Waals surface area contributed by atoms with Gasteiger partial charge in [-0.3, -0.25) is 0 Å². The minimum Gasteiger partial charge on any atom is -0.394 e. The summed E-state index contributed by atoms with van der Waals surface area (Å²) in [7, 11) is 0. The molecule has 0 aromatic carbocycles. The van der Waals surface area contributed by atoms with Gasteiger partial charge in [0.1, 0.15) is 61.0 Å². The van der Waals surface area contributed by atoms with Crippen molar-refractivity contribution in [1.82, 2.24) is 5.01 Å². The third-order valence-electron chi connectivity index (χ3n) is 18.1. The minimum atomic E-state index is -1.72. The molecule has 5 saturated heterocycles. The fourth-order valence-electron chi connectivity index (χ4n) is 14.5. The summed E-state index contributed by atoms with van der Waals surface area (Å²) >= 11 is 0. The molecule has 8 N–H and O–H groups in total. The maximum Gasteiger partial charge on any atom is 0.187 e. The van der Waals surface area contributed by atoms with Gasteiger partial charge in [-0.2, -0.15) is 0 Å². The molecule has 63 heavy (non-hydrogen) atoms. The molecule has 4 aliphatic carbocycles. The number of hydrogen-bond acceptors (Lipinski definition) is 17. The van der Waals surface area contributed by atoms with Crippen LogP contribution >= 0.6 is 0 Å². The van der Waals surface area contributed by atoms with Gasteiger partial charge in [-0.05, 0) is 112 Å². The second-order valence-electron chi connectivity index (χ2n) is 21.4. The lowest BCUT2D eigenvalue weighted by Crippen LogP contribution is -2.66. The molecular weight excluding hydrogens is 824 g/mol. The Balaban J connectivity index is 0.918. The van der Waals surface area contributed by atoms with Gasteiger partial charge < -0.3 is 74.0 Å². The highest BCUT2D eigenvalue weighted by molar-refractivity contribution is 5.27. The molecule has 1 spiro atoms. The molecule has 5 heterocycles. The Hall–Kier alpha value is -1.46. The monoisotopic (exact) mass is 896 g/mol. The van der Waals surface area contributed by atoms with Gasteiger partial charge in [0.05, 0.1) is 36.3 Å². The molecule has 0 aromatic rings. The molecule has 26 atom stereocenters. The second kappa shape index (κ2) is 17.3. The highest BCUT2D eigenvalue weighted by Gasteiger charge is 2.70. The summed E-state index contributed by atoms with van der Waals surface area (Å²) in [6.07, 6.45) is -11.4. The van der Waals surface area contributed by atoms with Crippen molar-refractivity contribution in [3.8, 4) is 0 Å². The summed E-state index contributed by atoms with van der Waals surface area (Å²) in [4.78, 5) is 12.2. The highest BCUT2D eigenvalue weighted by Crippen LogP contribution is 2.71. The number of nitroso groups, excluding NO2 is 1. The summed E-state index contributed by atoms with van der Waals surface area (Å²) in [5, 5.41) is 91.2. The lowest BCUT2D eigenvalue weighted by Gasteiger charge is -2.59. The van der Waals surface area contributed by atoms with Crippen molar-refractivity contribution in [3.05, 3.63) is 16.6 Å². The van der Waals surface area contributed by atoms with E-state index in [4.69, 9.17) is 33.2 Å². The molecule has 9 aliphatic rings. The Morgan fingerprint density at radius 3 is 2.03 bits per heavy atom. The quantitative estimate of drug-likeness (QED) is 0.126. The molecule has 0 aromatic heterocycles. The average molecular weight is 897 g/mol. The summed E-state index contributed by atoms with van der Waals surface area (Å²) in [5.41, 5.74) is 0.732. The van der Waals surface area contributed by atoms with Crippen LogP contribution in [0.2, 0.25) is 0 Å². The molecule has 358 valence electrons. The van der Waals surface area contributed by atoms with Crippen molar-refractivity contribution in [3.63, 3.8) is 0 Å². The van der Waals surface area contributed by atoms with Crippen LogP contribution in [0.1, 0.15) is 99.3 Å². The van der Waals surface area contributed by atoms with E-state index in [-0.39, 0.29) is 29.0 Å². The lowest BCUT2D eigenvalue weighted by molar-refractivity contribution is -0.388. The summed E-state index contributed by atoms with van der Waals surface area (Å²) in [6.45, 7) is 12.3. The number of aliphatic hydroxyl groups excluding tert-OH is 8. The van der Waals surface area contributed by atoms with Gasteiger partial charge in [0, 0.05) is 12.5 Å². The second-order valence-corrected chi connectivity index (χ2v) is 21.4. The van der Waals surface area contributed by atoms with Crippen LogP contribution in [0.3, 0.4) is 0 Å². The summed E-state index contributed by atoms with van der Waals surface area (Å²) < 4.78 is 43.6. The van der Waals surface area contributed by atoms with E-state index in [1.54, 1.807) is 5.01 Å². The van der Waals surface area contributed by atoms with Gasteiger partial charge in [-0.25, -0.2) is 5.01 Å². The number of allylic oxidation sites excluding steroid dienone is 1. The van der Waals surface area contributed by atoms with Crippen LogP contribution in [0.5, 0.6) is 0 Å². The molecule has 18 nitrogen and oxygen atoms in total. The summed E-state index contributed by atoms with van der Waals surface area (Å²) in [5.74, 6) is 2.42. The van der Waals surface area contributed by atoms with E-state index in [1.165, 1.54) is 19.4 Å². The van der Waals surface area contributed by atoms with Crippen molar-refractivity contribution < 1.29 is 74.0 Å². The highest BCUT2D eigenvalue weighted by atomic mass is 16.8. The normalized spacial score (nSPS) is 56.9. The topological polar surface area (TPSA) is 259 Å². The van der Waals surface area contributed by atoms with E-state index in [0.717, 1.165) is 44.9 Å². The van der Waals surface area contributed by atoms with Crippen LogP contribution in [-0.4, -0.2) is 169 Å². The molecule has 9 rings (SSSR count). The average Bonchev–Trinajstić information content (AvgIpc) is 3.72. The number of hydrogen-bond donors (Lipinski definition) is 8. The number of aliphatic hydroxyl groups is 8. The van der Waals surface area contributed by atoms with Crippen LogP contribution < -0.4 is 0 Å². The Bertz CT molecular complexity index is 1700. The zero-order chi connectivity index (χ0) is 45.1. The molecule has 0 unspecified atom stereocenters. The van der Waals surface area contributed by atoms with Crippen LogP contribution in [0.25, 0.3) is 0 Å². The third-order valence-corrected chi connectivity index (χ3v) is 18.1. The first-order chi connectivity index (χ1) is 29.9. The maximum atomic E-state index is 12.2. The molecule has 0 radical (unpaired) electrons. The predicted molar refractivity (Wildman–Crippen MR) is 219 cm³/mol. The van der Waals surface area contributed by atoms with E-state index >= 15 is 0 Å². The van der Waals surface area contributed by atoms with Crippen LogP contribution in [-0.2, 0) is 33.2 Å². The third kappa shape index (κ3) is 7.48. The van der Waals surface area contributed by atoms with Gasteiger partial charge in [0.15, 0.2) is 24.6 Å².